The van der Waals surface area contributed by atoms with E-state index in [0.717, 1.165) is 38.4 Å². The van der Waals surface area contributed by atoms with Gasteiger partial charge in [0, 0.05) is 23.6 Å². The Labute approximate surface area is 199 Å². The fraction of sp³-hybridized carbons (Fsp3) is 0.346. The van der Waals surface area contributed by atoms with E-state index in [4.69, 9.17) is 5.73 Å². The standard InChI is InChI=1S/C26H29FN2O4S/c1-5-34(32,33)29(4)22-8-6-7-19(24(22)27)18-11-12-20(25(28)30)21-14-15-13-16(26(2,3)31)9-10-17(15)23(18)21/h5-8,11-12,16,31H,1,9-10,13-14H2,2-4H3,(H2,28,30). The number of nitrogens with two attached hydrogens (primary N) is 1. The lowest BCUT2D eigenvalue weighted by molar-refractivity contribution is 0.0123. The van der Waals surface area contributed by atoms with Crippen LogP contribution < -0.4 is 10.0 Å². The van der Waals surface area contributed by atoms with Crippen molar-refractivity contribution in [1.29, 1.82) is 0 Å². The highest BCUT2D eigenvalue weighted by Gasteiger charge is 2.37. The topological polar surface area (TPSA) is 101 Å². The number of nitrogens with zero attached hydrogens (tertiary/aromatic N) is 1. The van der Waals surface area contributed by atoms with Crippen LogP contribution in [0.5, 0.6) is 0 Å². The van der Waals surface area contributed by atoms with Crippen LogP contribution in [0, 0.1) is 11.7 Å². The Kier molecular flexibility index (Phi) is 5.94. The molecule has 0 saturated carbocycles. The summed E-state index contributed by atoms with van der Waals surface area (Å²) in [5.74, 6) is -1.14. The monoisotopic (exact) mass is 484 g/mol. The third-order valence-corrected chi connectivity index (χ3v) is 8.51. The van der Waals surface area contributed by atoms with Crippen LogP contribution in [0.2, 0.25) is 0 Å². The van der Waals surface area contributed by atoms with Crippen LogP contribution >= 0.6 is 0 Å². The van der Waals surface area contributed by atoms with Crippen molar-refractivity contribution in [2.24, 2.45) is 11.7 Å². The van der Waals surface area contributed by atoms with Crippen molar-refractivity contribution in [3.05, 3.63) is 70.4 Å². The van der Waals surface area contributed by atoms with Gasteiger partial charge in [-0.2, -0.15) is 0 Å². The summed E-state index contributed by atoms with van der Waals surface area (Å²) >= 11 is 0. The number of rotatable bonds is 6. The lowest BCUT2D eigenvalue weighted by Gasteiger charge is -2.33. The molecule has 0 saturated heterocycles. The number of hydrogen-bond donors (Lipinski definition) is 2. The highest BCUT2D eigenvalue weighted by molar-refractivity contribution is 7.95. The van der Waals surface area contributed by atoms with Crippen molar-refractivity contribution in [2.75, 3.05) is 11.4 Å². The van der Waals surface area contributed by atoms with Gasteiger partial charge >= 0.3 is 0 Å². The van der Waals surface area contributed by atoms with Gasteiger partial charge in [-0.05, 0) is 79.8 Å². The fourth-order valence-corrected chi connectivity index (χ4v) is 5.81. The molecule has 180 valence electrons. The van der Waals surface area contributed by atoms with Gasteiger partial charge in [0.25, 0.3) is 10.0 Å². The number of hydrogen-bond acceptors (Lipinski definition) is 4. The summed E-state index contributed by atoms with van der Waals surface area (Å²) in [5, 5.41) is 11.3. The number of amides is 1. The Bertz CT molecular complexity index is 1340. The molecule has 0 spiro atoms. The first-order chi connectivity index (χ1) is 15.9. The van der Waals surface area contributed by atoms with Crippen LogP contribution in [0.15, 0.2) is 47.9 Å². The van der Waals surface area contributed by atoms with E-state index in [2.05, 4.69) is 6.58 Å². The molecule has 34 heavy (non-hydrogen) atoms. The van der Waals surface area contributed by atoms with Crippen molar-refractivity contribution in [3.8, 4) is 11.1 Å². The molecule has 6 nitrogen and oxygen atoms in total. The van der Waals surface area contributed by atoms with E-state index in [0.29, 0.717) is 30.4 Å². The predicted molar refractivity (Wildman–Crippen MR) is 132 cm³/mol. The number of sulfonamides is 1. The van der Waals surface area contributed by atoms with E-state index >= 15 is 4.39 Å². The minimum absolute atomic E-state index is 0.0823. The third kappa shape index (κ3) is 3.95. The van der Waals surface area contributed by atoms with Gasteiger partial charge in [0.2, 0.25) is 5.91 Å². The molecule has 2 aliphatic rings. The first kappa shape index (κ1) is 24.2. The molecule has 0 fully saturated rings. The maximum atomic E-state index is 15.8. The number of halogens is 1. The number of benzene rings is 2. The number of aliphatic hydroxyl groups is 1. The Morgan fingerprint density at radius 2 is 1.97 bits per heavy atom. The zero-order valence-corrected chi connectivity index (χ0v) is 20.4. The van der Waals surface area contributed by atoms with Gasteiger partial charge in [-0.1, -0.05) is 30.4 Å². The van der Waals surface area contributed by atoms with Gasteiger partial charge in [-0.25, -0.2) is 12.8 Å². The molecule has 4 rings (SSSR count). The summed E-state index contributed by atoms with van der Waals surface area (Å²) in [5.41, 5.74) is 9.73. The van der Waals surface area contributed by atoms with E-state index in [1.54, 1.807) is 38.1 Å². The Morgan fingerprint density at radius 3 is 2.59 bits per heavy atom. The molecular weight excluding hydrogens is 455 g/mol. The fourth-order valence-electron chi connectivity index (χ4n) is 5.17. The van der Waals surface area contributed by atoms with Crippen LogP contribution in [-0.4, -0.2) is 32.1 Å². The molecular formula is C26H29FN2O4S. The van der Waals surface area contributed by atoms with Crippen LogP contribution in [0.4, 0.5) is 10.1 Å². The number of anilines is 1. The van der Waals surface area contributed by atoms with Crippen LogP contribution in [0.1, 0.15) is 54.6 Å². The molecule has 1 amide bonds. The average Bonchev–Trinajstić information content (AvgIpc) is 3.16. The van der Waals surface area contributed by atoms with Gasteiger partial charge in [-0.15, -0.1) is 0 Å². The summed E-state index contributed by atoms with van der Waals surface area (Å²) in [7, 11) is -2.60. The minimum Gasteiger partial charge on any atom is -0.390 e. The van der Waals surface area contributed by atoms with Crippen LogP contribution in [0.25, 0.3) is 16.7 Å². The van der Waals surface area contributed by atoms with Gasteiger partial charge in [0.15, 0.2) is 5.82 Å². The Morgan fingerprint density at radius 1 is 1.26 bits per heavy atom. The maximum Gasteiger partial charge on any atom is 0.256 e. The maximum absolute atomic E-state index is 15.8. The van der Waals surface area contributed by atoms with Gasteiger partial charge in [0.05, 0.1) is 11.3 Å². The Hall–Kier alpha value is -2.97. The molecule has 2 aliphatic carbocycles. The van der Waals surface area contributed by atoms with E-state index in [-0.39, 0.29) is 17.2 Å². The van der Waals surface area contributed by atoms with Crippen molar-refractivity contribution < 1.29 is 22.7 Å². The molecule has 8 heteroatoms. The summed E-state index contributed by atoms with van der Waals surface area (Å²) in [4.78, 5) is 12.2. The second-order valence-electron chi connectivity index (χ2n) is 9.55. The third-order valence-electron chi connectivity index (χ3n) is 7.13. The largest absolute Gasteiger partial charge is 0.390 e. The second kappa shape index (κ2) is 8.36. The molecule has 0 aromatic heterocycles. The summed E-state index contributed by atoms with van der Waals surface area (Å²) in [6.07, 6.45) is 2.67. The van der Waals surface area contributed by atoms with Crippen LogP contribution in [0.3, 0.4) is 0 Å². The molecule has 0 bridgehead atoms. The molecule has 1 atom stereocenters. The highest BCUT2D eigenvalue weighted by Crippen LogP contribution is 2.50. The van der Waals surface area contributed by atoms with Gasteiger partial charge < -0.3 is 10.8 Å². The first-order valence-corrected chi connectivity index (χ1v) is 12.7. The lowest BCUT2D eigenvalue weighted by Crippen LogP contribution is -2.32. The van der Waals surface area contributed by atoms with Gasteiger partial charge in [-0.3, -0.25) is 9.10 Å². The van der Waals surface area contributed by atoms with Crippen molar-refractivity contribution in [2.45, 2.75) is 45.1 Å². The van der Waals surface area contributed by atoms with Crippen molar-refractivity contribution in [1.82, 2.24) is 0 Å². The van der Waals surface area contributed by atoms with E-state index < -0.39 is 27.3 Å². The zero-order chi connectivity index (χ0) is 25.0. The first-order valence-electron chi connectivity index (χ1n) is 11.2. The zero-order valence-electron chi connectivity index (χ0n) is 19.6. The molecule has 2 aromatic carbocycles. The Balaban J connectivity index is 1.90. The van der Waals surface area contributed by atoms with Gasteiger partial charge in [0.1, 0.15) is 0 Å². The number of carbonyl (C=O) groups excluding carboxylic acids is 1. The second-order valence-corrected chi connectivity index (χ2v) is 11.5. The SMILES string of the molecule is C=CS(=O)(=O)N(C)c1cccc(-c2ccc(C(N)=O)c3c2C2=C(C3)CC(C(C)(C)O)CC2)c1F. The molecule has 1 unspecified atom stereocenters. The molecule has 0 radical (unpaired) electrons. The number of allylic oxidation sites excluding steroid dienone is 2. The molecule has 0 aliphatic heterocycles. The minimum atomic E-state index is -3.88. The quantitative estimate of drug-likeness (QED) is 0.635. The number of fused-ring (bicyclic) bond motifs is 2. The predicted octanol–water partition coefficient (Wildman–Crippen LogP) is 4.38. The molecule has 3 N–H and O–H groups in total. The summed E-state index contributed by atoms with van der Waals surface area (Å²) in [6, 6.07) is 7.90. The van der Waals surface area contributed by atoms with E-state index in [1.165, 1.54) is 13.1 Å². The van der Waals surface area contributed by atoms with E-state index in [9.17, 15) is 18.3 Å². The van der Waals surface area contributed by atoms with E-state index in [1.807, 2.05) is 0 Å². The molecule has 0 heterocycles. The summed E-state index contributed by atoms with van der Waals surface area (Å²) < 4.78 is 41.2. The molecule has 2 aromatic rings. The van der Waals surface area contributed by atoms with Crippen molar-refractivity contribution >= 4 is 27.2 Å². The highest BCUT2D eigenvalue weighted by atomic mass is 32.2. The normalized spacial score (nSPS) is 17.9. The smallest absolute Gasteiger partial charge is 0.256 e. The number of primary amides is 1. The van der Waals surface area contributed by atoms with Crippen LogP contribution in [-0.2, 0) is 16.4 Å². The lowest BCUT2D eigenvalue weighted by atomic mass is 9.75. The van der Waals surface area contributed by atoms with Crippen molar-refractivity contribution in [3.63, 3.8) is 0 Å². The summed E-state index contributed by atoms with van der Waals surface area (Å²) in [6.45, 7) is 6.92. The average molecular weight is 485 g/mol. The number of carbonyl (C=O) groups is 1.